The van der Waals surface area contributed by atoms with Crippen LogP contribution in [0.3, 0.4) is 0 Å². The lowest BCUT2D eigenvalue weighted by atomic mass is 9.89. The maximum Gasteiger partial charge on any atom is 0.309 e. The molecule has 1 fully saturated rings. The molecule has 0 spiro atoms. The van der Waals surface area contributed by atoms with Crippen molar-refractivity contribution in [2.45, 2.75) is 84.4 Å². The number of benzene rings is 2. The van der Waals surface area contributed by atoms with Gasteiger partial charge in [0.1, 0.15) is 11.9 Å². The fourth-order valence-corrected chi connectivity index (χ4v) is 5.08. The number of nitrogens with one attached hydrogen (secondary N) is 2. The van der Waals surface area contributed by atoms with E-state index in [1.165, 1.54) is 12.5 Å². The summed E-state index contributed by atoms with van der Waals surface area (Å²) in [7, 11) is 0. The predicted octanol–water partition coefficient (Wildman–Crippen LogP) is 6.57. The van der Waals surface area contributed by atoms with Crippen molar-refractivity contribution in [2.75, 3.05) is 0 Å². The second-order valence-corrected chi connectivity index (χ2v) is 10.2. The summed E-state index contributed by atoms with van der Waals surface area (Å²) >= 11 is 0. The van der Waals surface area contributed by atoms with Gasteiger partial charge in [0.2, 0.25) is 5.56 Å². The minimum absolute atomic E-state index is 0.0481. The van der Waals surface area contributed by atoms with Crippen molar-refractivity contribution < 1.29 is 14.3 Å². The number of esters is 1. The molecule has 3 aromatic rings. The molecule has 0 radical (unpaired) electrons. The normalized spacial score (nSPS) is 16.1. The van der Waals surface area contributed by atoms with E-state index in [1.807, 2.05) is 43.3 Å². The zero-order valence-corrected chi connectivity index (χ0v) is 21.8. The molecule has 1 heterocycles. The van der Waals surface area contributed by atoms with Crippen LogP contribution in [0.25, 0.3) is 10.9 Å². The third-order valence-electron chi connectivity index (χ3n) is 6.98. The van der Waals surface area contributed by atoms with E-state index in [1.54, 1.807) is 6.07 Å². The van der Waals surface area contributed by atoms with Gasteiger partial charge in [-0.3, -0.25) is 9.59 Å². The van der Waals surface area contributed by atoms with Crippen molar-refractivity contribution in [3.8, 4) is 11.5 Å². The Labute approximate surface area is 213 Å². The molecule has 4 rings (SSSR count). The molecule has 1 aliphatic rings. The van der Waals surface area contributed by atoms with Crippen LogP contribution in [0, 0.1) is 12.8 Å². The van der Waals surface area contributed by atoms with Crippen LogP contribution in [0.15, 0.2) is 53.3 Å². The summed E-state index contributed by atoms with van der Waals surface area (Å²) in [5.41, 5.74) is 2.39. The molecule has 0 saturated heterocycles. The lowest BCUT2D eigenvalue weighted by molar-refractivity contribution is -0.157. The second kappa shape index (κ2) is 11.7. The first-order valence-electron chi connectivity index (χ1n) is 13.2. The van der Waals surface area contributed by atoms with E-state index < -0.39 is 6.10 Å². The highest BCUT2D eigenvalue weighted by atomic mass is 16.5. The zero-order valence-electron chi connectivity index (χ0n) is 21.8. The lowest BCUT2D eigenvalue weighted by Gasteiger charge is -2.32. The number of H-pyrrole nitrogens is 1. The van der Waals surface area contributed by atoms with Gasteiger partial charge in [0.15, 0.2) is 5.75 Å². The number of pyridine rings is 1. The van der Waals surface area contributed by atoms with Crippen LogP contribution in [-0.2, 0) is 9.53 Å². The van der Waals surface area contributed by atoms with Gasteiger partial charge < -0.3 is 19.8 Å². The van der Waals surface area contributed by atoms with Crippen molar-refractivity contribution in [2.24, 2.45) is 5.92 Å². The molecule has 1 aliphatic carbocycles. The maximum atomic E-state index is 13.3. The van der Waals surface area contributed by atoms with Gasteiger partial charge in [0.05, 0.1) is 11.4 Å². The van der Waals surface area contributed by atoms with E-state index in [2.05, 4.69) is 31.1 Å². The first-order valence-corrected chi connectivity index (χ1v) is 13.2. The maximum absolute atomic E-state index is 13.3. The Balaban J connectivity index is 1.76. The highest BCUT2D eigenvalue weighted by Gasteiger charge is 2.32. The van der Waals surface area contributed by atoms with Crippen LogP contribution in [-0.4, -0.2) is 23.0 Å². The predicted molar refractivity (Wildman–Crippen MR) is 144 cm³/mol. The van der Waals surface area contributed by atoms with Gasteiger partial charge in [-0.1, -0.05) is 63.8 Å². The summed E-state index contributed by atoms with van der Waals surface area (Å²) in [6.45, 7) is 8.31. The average Bonchev–Trinajstić information content (AvgIpc) is 2.88. The summed E-state index contributed by atoms with van der Waals surface area (Å²) in [6, 6.07) is 15.1. The van der Waals surface area contributed by atoms with Gasteiger partial charge in [0.25, 0.3) is 0 Å². The first kappa shape index (κ1) is 26.0. The number of hydrogen-bond donors (Lipinski definition) is 2. The Morgan fingerprint density at radius 2 is 1.75 bits per heavy atom. The van der Waals surface area contributed by atoms with Crippen molar-refractivity contribution in [3.05, 3.63) is 70.0 Å². The molecule has 6 nitrogen and oxygen atoms in total. The number of fused-ring (bicyclic) bond motifs is 1. The van der Waals surface area contributed by atoms with E-state index in [-0.39, 0.29) is 29.5 Å². The van der Waals surface area contributed by atoms with Gasteiger partial charge in [-0.25, -0.2) is 0 Å². The largest absolute Gasteiger partial charge is 0.456 e. The third kappa shape index (κ3) is 6.16. The SMILES string of the molecule is CCC(NC(C)C)C(OC(=O)C1CCCCC1)c1ccc(Oc2ccc(C)cc2)c2[nH]c(=O)ccc12. The summed E-state index contributed by atoms with van der Waals surface area (Å²) in [6.07, 6.45) is 5.39. The molecular weight excluding hydrogens is 452 g/mol. The standard InChI is InChI=1S/C30H38N2O4/c1-5-25(31-19(2)3)29(36-30(34)21-9-7-6-8-10-21)24-15-17-26(28-23(24)16-18-27(33)32-28)35-22-13-11-20(4)12-14-22/h11-19,21,25,29,31H,5-10H2,1-4H3,(H,32,33). The summed E-state index contributed by atoms with van der Waals surface area (Å²) in [4.78, 5) is 28.6. The zero-order chi connectivity index (χ0) is 25.7. The summed E-state index contributed by atoms with van der Waals surface area (Å²) in [5.74, 6) is 1.07. The highest BCUT2D eigenvalue weighted by Crippen LogP contribution is 2.37. The number of hydrogen-bond acceptors (Lipinski definition) is 5. The number of carbonyl (C=O) groups is 1. The highest BCUT2D eigenvalue weighted by molar-refractivity contribution is 5.88. The van der Waals surface area contributed by atoms with Crippen LogP contribution >= 0.6 is 0 Å². The van der Waals surface area contributed by atoms with Gasteiger partial charge in [-0.2, -0.15) is 0 Å². The Hall–Kier alpha value is -3.12. The Morgan fingerprint density at radius 3 is 2.42 bits per heavy atom. The monoisotopic (exact) mass is 490 g/mol. The molecule has 1 aromatic heterocycles. The molecule has 0 amide bonds. The van der Waals surface area contributed by atoms with Gasteiger partial charge in [-0.15, -0.1) is 0 Å². The molecule has 36 heavy (non-hydrogen) atoms. The van der Waals surface area contributed by atoms with Crippen LogP contribution in [0.5, 0.6) is 11.5 Å². The van der Waals surface area contributed by atoms with Crippen molar-refractivity contribution in [1.29, 1.82) is 0 Å². The van der Waals surface area contributed by atoms with Crippen molar-refractivity contribution in [1.82, 2.24) is 10.3 Å². The van der Waals surface area contributed by atoms with Gasteiger partial charge in [-0.05, 0) is 50.5 Å². The molecule has 2 unspecified atom stereocenters. The molecule has 0 bridgehead atoms. The Morgan fingerprint density at radius 1 is 1.03 bits per heavy atom. The molecule has 6 heteroatoms. The van der Waals surface area contributed by atoms with E-state index in [0.717, 1.165) is 48.6 Å². The number of aromatic nitrogens is 1. The minimum atomic E-state index is -0.492. The van der Waals surface area contributed by atoms with Crippen molar-refractivity contribution >= 4 is 16.9 Å². The quantitative estimate of drug-likeness (QED) is 0.332. The minimum Gasteiger partial charge on any atom is -0.456 e. The van der Waals surface area contributed by atoms with Gasteiger partial charge in [0, 0.05) is 29.1 Å². The molecule has 2 atom stereocenters. The number of carbonyl (C=O) groups excluding carboxylic acids is 1. The van der Waals surface area contributed by atoms with E-state index in [9.17, 15) is 9.59 Å². The second-order valence-electron chi connectivity index (χ2n) is 10.2. The van der Waals surface area contributed by atoms with E-state index in [4.69, 9.17) is 9.47 Å². The Kier molecular flexibility index (Phi) is 8.47. The summed E-state index contributed by atoms with van der Waals surface area (Å²) < 4.78 is 12.5. The van der Waals surface area contributed by atoms with Crippen LogP contribution in [0.2, 0.25) is 0 Å². The van der Waals surface area contributed by atoms with Crippen LogP contribution in [0.4, 0.5) is 0 Å². The van der Waals surface area contributed by atoms with E-state index in [0.29, 0.717) is 17.0 Å². The molecule has 192 valence electrons. The lowest BCUT2D eigenvalue weighted by Crippen LogP contribution is -2.41. The topological polar surface area (TPSA) is 80.4 Å². The number of aryl methyl sites for hydroxylation is 1. The fourth-order valence-electron chi connectivity index (χ4n) is 5.08. The van der Waals surface area contributed by atoms with Crippen molar-refractivity contribution in [3.63, 3.8) is 0 Å². The van der Waals surface area contributed by atoms with Crippen LogP contribution in [0.1, 0.15) is 76.5 Å². The number of ether oxygens (including phenoxy) is 2. The van der Waals surface area contributed by atoms with E-state index >= 15 is 0 Å². The number of aromatic amines is 1. The average molecular weight is 491 g/mol. The summed E-state index contributed by atoms with van der Waals surface area (Å²) in [5, 5.41) is 4.40. The molecule has 1 saturated carbocycles. The molecule has 0 aliphatic heterocycles. The Bertz CT molecular complexity index is 1230. The smallest absolute Gasteiger partial charge is 0.309 e. The van der Waals surface area contributed by atoms with Gasteiger partial charge >= 0.3 is 5.97 Å². The molecule has 2 N–H and O–H groups in total. The molecule has 2 aromatic carbocycles. The third-order valence-corrected chi connectivity index (χ3v) is 6.98. The van der Waals surface area contributed by atoms with Crippen LogP contribution < -0.4 is 15.6 Å². The fraction of sp³-hybridized carbons (Fsp3) is 0.467. The number of rotatable bonds is 9. The molecular formula is C30H38N2O4. The first-order chi connectivity index (χ1) is 17.4.